The van der Waals surface area contributed by atoms with Gasteiger partial charge in [-0.25, -0.2) is 4.39 Å². The molecule has 51 heavy (non-hydrogen) atoms. The van der Waals surface area contributed by atoms with Crippen molar-refractivity contribution in [1.82, 2.24) is 19.7 Å². The third-order valence-corrected chi connectivity index (χ3v) is 9.66. The molecule has 270 valence electrons. The molecule has 2 fully saturated rings. The normalized spacial score (nSPS) is 16.0. The Morgan fingerprint density at radius 3 is 2.29 bits per heavy atom. The molecule has 0 spiro atoms. The number of benzene rings is 3. The molecule has 3 aliphatic heterocycles. The zero-order valence-electron chi connectivity index (χ0n) is 29.4. The Kier molecular flexibility index (Phi) is 11.8. The molecule has 1 aromatic heterocycles. The van der Waals surface area contributed by atoms with Crippen molar-refractivity contribution in [2.24, 2.45) is 0 Å². The van der Waals surface area contributed by atoms with Gasteiger partial charge >= 0.3 is 0 Å². The van der Waals surface area contributed by atoms with Crippen LogP contribution in [0.25, 0.3) is 27.7 Å². The topological polar surface area (TPSA) is 114 Å². The van der Waals surface area contributed by atoms with Gasteiger partial charge in [-0.2, -0.15) is 0 Å². The molecule has 3 aromatic carbocycles. The van der Waals surface area contributed by atoms with Gasteiger partial charge in [0.25, 0.3) is 5.91 Å². The fourth-order valence-corrected chi connectivity index (χ4v) is 7.16. The smallest absolute Gasteiger partial charge is 0.256 e. The first kappa shape index (κ1) is 36.2. The zero-order chi connectivity index (χ0) is 35.9. The summed E-state index contributed by atoms with van der Waals surface area (Å²) in [7, 11) is 0. The van der Waals surface area contributed by atoms with Gasteiger partial charge in [-0.05, 0) is 59.8 Å². The minimum Gasteiger partial charge on any atom is -0.451 e. The number of aromatic nitrogens is 1. The molecule has 0 unspecified atom stereocenters. The summed E-state index contributed by atoms with van der Waals surface area (Å²) in [5.41, 5.74) is 5.35. The van der Waals surface area contributed by atoms with Crippen LogP contribution in [0.1, 0.15) is 41.8 Å². The second-order valence-electron chi connectivity index (χ2n) is 12.6. The van der Waals surface area contributed by atoms with E-state index in [0.717, 1.165) is 62.3 Å². The van der Waals surface area contributed by atoms with Gasteiger partial charge < -0.3 is 34.2 Å². The number of hydrogen-bond donors (Lipinski definition) is 2. The van der Waals surface area contributed by atoms with E-state index in [1.54, 1.807) is 6.20 Å². The molecular formula is C39H46FN5O6. The van der Waals surface area contributed by atoms with Gasteiger partial charge in [-0.1, -0.05) is 38.1 Å². The van der Waals surface area contributed by atoms with E-state index in [1.807, 2.05) is 43.4 Å². The van der Waals surface area contributed by atoms with Crippen molar-refractivity contribution in [3.63, 3.8) is 0 Å². The monoisotopic (exact) mass is 699 g/mol. The molecule has 0 saturated carbocycles. The maximum atomic E-state index is 16.0. The van der Waals surface area contributed by atoms with Crippen molar-refractivity contribution >= 4 is 29.3 Å². The quantitative estimate of drug-likeness (QED) is 0.205. The highest BCUT2D eigenvalue weighted by Gasteiger charge is 2.31. The molecule has 12 heteroatoms. The number of rotatable bonds is 9. The van der Waals surface area contributed by atoms with Crippen LogP contribution in [0, 0.1) is 5.82 Å². The SMILES string of the molecule is C=O.CC.O=C(NCCCN1CCOCC1)c1cn2c3c(c(NCCN4CCOCC4)c(F)cc3c1=O)Oc1cc3c(cc1-2)-c1ccccc1C3. The van der Waals surface area contributed by atoms with E-state index >= 15 is 4.39 Å². The van der Waals surface area contributed by atoms with Gasteiger partial charge in [0, 0.05) is 52.0 Å². The second kappa shape index (κ2) is 16.6. The van der Waals surface area contributed by atoms with Crippen LogP contribution in [0.5, 0.6) is 11.5 Å². The molecule has 2 N–H and O–H groups in total. The minimum atomic E-state index is -0.599. The van der Waals surface area contributed by atoms with Gasteiger partial charge in [0.15, 0.2) is 17.3 Å². The zero-order valence-corrected chi connectivity index (χ0v) is 29.4. The number of pyridine rings is 1. The van der Waals surface area contributed by atoms with Crippen LogP contribution < -0.4 is 20.8 Å². The Bertz CT molecular complexity index is 1940. The lowest BCUT2D eigenvalue weighted by atomic mass is 10.0. The fraction of sp³-hybridized carbons (Fsp3) is 0.410. The van der Waals surface area contributed by atoms with Gasteiger partial charge in [-0.15, -0.1) is 0 Å². The summed E-state index contributed by atoms with van der Waals surface area (Å²) < 4.78 is 35.2. The maximum absolute atomic E-state index is 16.0. The second-order valence-corrected chi connectivity index (χ2v) is 12.6. The summed E-state index contributed by atoms with van der Waals surface area (Å²) in [4.78, 5) is 40.0. The fourth-order valence-electron chi connectivity index (χ4n) is 7.16. The number of anilines is 1. The van der Waals surface area contributed by atoms with Crippen LogP contribution in [0.15, 0.2) is 53.5 Å². The Balaban J connectivity index is 0.00000108. The molecule has 0 bridgehead atoms. The number of ether oxygens (including phenoxy) is 3. The average molecular weight is 700 g/mol. The highest BCUT2D eigenvalue weighted by molar-refractivity contribution is 6.01. The number of carbonyl (C=O) groups excluding carboxylic acids is 2. The van der Waals surface area contributed by atoms with Crippen molar-refractivity contribution in [3.8, 4) is 28.3 Å². The summed E-state index contributed by atoms with van der Waals surface area (Å²) in [5, 5.41) is 6.29. The number of hydrogen-bond acceptors (Lipinski definition) is 9. The Labute approximate surface area is 297 Å². The van der Waals surface area contributed by atoms with E-state index in [-0.39, 0.29) is 22.4 Å². The summed E-state index contributed by atoms with van der Waals surface area (Å²) in [5.74, 6) is -0.276. The number of morpholine rings is 2. The van der Waals surface area contributed by atoms with Gasteiger partial charge in [0.2, 0.25) is 5.43 Å². The van der Waals surface area contributed by atoms with Crippen LogP contribution in [0.3, 0.4) is 0 Å². The van der Waals surface area contributed by atoms with Crippen LogP contribution >= 0.6 is 0 Å². The minimum absolute atomic E-state index is 0.0315. The lowest BCUT2D eigenvalue weighted by molar-refractivity contribution is -0.0980. The largest absolute Gasteiger partial charge is 0.451 e. The molecule has 11 nitrogen and oxygen atoms in total. The molecule has 1 amide bonds. The highest BCUT2D eigenvalue weighted by atomic mass is 19.1. The first-order valence-electron chi connectivity index (χ1n) is 17.8. The molecule has 4 heterocycles. The lowest BCUT2D eigenvalue weighted by Crippen LogP contribution is -2.39. The molecule has 4 aromatic rings. The first-order valence-corrected chi connectivity index (χ1v) is 17.8. The van der Waals surface area contributed by atoms with E-state index in [2.05, 4.69) is 38.6 Å². The molecular weight excluding hydrogens is 653 g/mol. The third kappa shape index (κ3) is 7.41. The van der Waals surface area contributed by atoms with Crippen LogP contribution in [-0.2, 0) is 20.7 Å². The molecule has 0 atom stereocenters. The predicted molar refractivity (Wildman–Crippen MR) is 196 cm³/mol. The van der Waals surface area contributed by atoms with E-state index in [9.17, 15) is 9.59 Å². The third-order valence-electron chi connectivity index (χ3n) is 9.66. The molecule has 2 saturated heterocycles. The van der Waals surface area contributed by atoms with Crippen molar-refractivity contribution in [2.75, 3.05) is 84.1 Å². The van der Waals surface area contributed by atoms with E-state index in [1.165, 1.54) is 11.6 Å². The maximum Gasteiger partial charge on any atom is 0.256 e. The average Bonchev–Trinajstić information content (AvgIpc) is 3.54. The van der Waals surface area contributed by atoms with Gasteiger partial charge in [0.05, 0.1) is 37.5 Å². The van der Waals surface area contributed by atoms with Crippen molar-refractivity contribution < 1.29 is 28.2 Å². The van der Waals surface area contributed by atoms with Crippen molar-refractivity contribution in [1.29, 1.82) is 0 Å². The van der Waals surface area contributed by atoms with Crippen LogP contribution in [0.2, 0.25) is 0 Å². The number of amides is 1. The van der Waals surface area contributed by atoms with Crippen LogP contribution in [0.4, 0.5) is 10.1 Å². The van der Waals surface area contributed by atoms with E-state index in [4.69, 9.17) is 19.0 Å². The molecule has 0 radical (unpaired) electrons. The van der Waals surface area contributed by atoms with Crippen molar-refractivity contribution in [2.45, 2.75) is 26.7 Å². The van der Waals surface area contributed by atoms with Gasteiger partial charge in [-0.3, -0.25) is 19.4 Å². The Morgan fingerprint density at radius 2 is 1.57 bits per heavy atom. The predicted octanol–water partition coefficient (Wildman–Crippen LogP) is 4.84. The van der Waals surface area contributed by atoms with E-state index in [0.29, 0.717) is 63.0 Å². The Hall–Kier alpha value is -4.62. The summed E-state index contributed by atoms with van der Waals surface area (Å²) in [6.07, 6.45) is 3.10. The summed E-state index contributed by atoms with van der Waals surface area (Å²) in [6.45, 7) is 14.6. The Morgan fingerprint density at radius 1 is 0.882 bits per heavy atom. The summed E-state index contributed by atoms with van der Waals surface area (Å²) >= 11 is 0. The van der Waals surface area contributed by atoms with Gasteiger partial charge in [0.1, 0.15) is 23.6 Å². The molecule has 4 aliphatic rings. The molecule has 8 rings (SSSR count). The number of fused-ring (bicyclic) bond motifs is 5. The van der Waals surface area contributed by atoms with Crippen molar-refractivity contribution in [3.05, 3.63) is 81.4 Å². The number of nitrogens with zero attached hydrogens (tertiary/aromatic N) is 3. The first-order chi connectivity index (χ1) is 25.0. The number of carbonyl (C=O) groups is 2. The molecule has 1 aliphatic carbocycles. The number of halogens is 1. The summed E-state index contributed by atoms with van der Waals surface area (Å²) in [6, 6.07) is 13.6. The standard InChI is InChI=1S/C36H38FN5O5.C2H6.CH2O/c37-29-20-27-33-35(32(29)38-7-9-41-12-16-46-17-13-41)47-31-19-24-18-23-4-1-2-5-25(23)26(24)21-30(31)42(33)22-28(34(27)43)36(44)39-6-3-8-40-10-14-45-15-11-40;2*1-2/h1-2,4-5,19-22,38H,3,6-18H2,(H,39,44);1-2H3;1H2. The number of nitrogens with one attached hydrogen (secondary N) is 2. The van der Waals surface area contributed by atoms with Crippen LogP contribution in [-0.4, -0.2) is 106 Å². The highest BCUT2D eigenvalue weighted by Crippen LogP contribution is 2.48. The van der Waals surface area contributed by atoms with E-state index < -0.39 is 17.2 Å². The lowest BCUT2D eigenvalue weighted by Gasteiger charge is -2.28.